The molecule has 1 unspecified atom stereocenters. The minimum atomic E-state index is -4.42. The van der Waals surface area contributed by atoms with Crippen LogP contribution in [0.15, 0.2) is 18.2 Å². The number of halogens is 3. The smallest absolute Gasteiger partial charge is 0.366 e. The zero-order chi connectivity index (χ0) is 14.8. The molecule has 2 rings (SSSR count). The van der Waals surface area contributed by atoms with E-state index in [-0.39, 0.29) is 11.6 Å². The Bertz CT molecular complexity index is 513. The van der Waals surface area contributed by atoms with Crippen molar-refractivity contribution in [1.82, 2.24) is 5.32 Å². The fraction of sp³-hybridized carbons (Fsp3) is 0.500. The summed E-state index contributed by atoms with van der Waals surface area (Å²) < 4.78 is 38.1. The summed E-state index contributed by atoms with van der Waals surface area (Å²) in [6.07, 6.45) is -3.49. The molecule has 1 fully saturated rings. The Hall–Kier alpha value is -1.74. The van der Waals surface area contributed by atoms with E-state index in [2.05, 4.69) is 5.32 Å². The quantitative estimate of drug-likeness (QED) is 0.927. The fourth-order valence-corrected chi connectivity index (χ4v) is 2.58. The number of benzene rings is 1. The predicted molar refractivity (Wildman–Crippen MR) is 70.5 cm³/mol. The van der Waals surface area contributed by atoms with Gasteiger partial charge in [-0.25, -0.2) is 0 Å². The van der Waals surface area contributed by atoms with Crippen molar-refractivity contribution in [2.24, 2.45) is 0 Å². The molecule has 0 aromatic heterocycles. The molecule has 1 N–H and O–H groups in total. The molecule has 0 amide bonds. The van der Waals surface area contributed by atoms with Crippen LogP contribution in [0.1, 0.15) is 24.5 Å². The number of nitriles is 1. The monoisotopic (exact) mass is 283 g/mol. The minimum absolute atomic E-state index is 0.0774. The van der Waals surface area contributed by atoms with E-state index in [0.29, 0.717) is 12.2 Å². The average molecular weight is 283 g/mol. The SMILES string of the molecule is CCN(c1ccc(C(F)(F)F)cc1C#N)C1CCNC1. The van der Waals surface area contributed by atoms with Crippen molar-refractivity contribution in [1.29, 1.82) is 5.26 Å². The van der Waals surface area contributed by atoms with E-state index in [9.17, 15) is 13.2 Å². The molecule has 0 radical (unpaired) electrons. The van der Waals surface area contributed by atoms with Gasteiger partial charge in [0.1, 0.15) is 6.07 Å². The highest BCUT2D eigenvalue weighted by Gasteiger charge is 2.32. The molecule has 1 heterocycles. The van der Waals surface area contributed by atoms with Crippen molar-refractivity contribution >= 4 is 5.69 Å². The van der Waals surface area contributed by atoms with Crippen LogP contribution in [-0.2, 0) is 6.18 Å². The van der Waals surface area contributed by atoms with Crippen LogP contribution in [0.2, 0.25) is 0 Å². The van der Waals surface area contributed by atoms with Crippen LogP contribution >= 0.6 is 0 Å². The lowest BCUT2D eigenvalue weighted by molar-refractivity contribution is -0.137. The topological polar surface area (TPSA) is 39.1 Å². The normalized spacial score (nSPS) is 18.9. The molecule has 1 atom stereocenters. The zero-order valence-electron chi connectivity index (χ0n) is 11.2. The number of nitrogens with one attached hydrogen (secondary N) is 1. The Balaban J connectivity index is 2.38. The summed E-state index contributed by atoms with van der Waals surface area (Å²) in [5.41, 5.74) is -0.122. The standard InChI is InChI=1S/C14H16F3N3/c1-2-20(12-5-6-19-9-12)13-4-3-11(14(15,16)17)7-10(13)8-18/h3-4,7,12,19H,2,5-6,9H2,1H3. The Morgan fingerprint density at radius 2 is 2.20 bits per heavy atom. The number of anilines is 1. The summed E-state index contributed by atoms with van der Waals surface area (Å²) in [6, 6.07) is 5.49. The van der Waals surface area contributed by atoms with Crippen LogP contribution in [-0.4, -0.2) is 25.7 Å². The second-order valence-corrected chi connectivity index (χ2v) is 4.77. The van der Waals surface area contributed by atoms with Crippen molar-refractivity contribution in [3.05, 3.63) is 29.3 Å². The van der Waals surface area contributed by atoms with Gasteiger partial charge in [0.2, 0.25) is 0 Å². The highest BCUT2D eigenvalue weighted by Crippen LogP contribution is 2.33. The second-order valence-electron chi connectivity index (χ2n) is 4.77. The molecule has 6 heteroatoms. The first-order chi connectivity index (χ1) is 9.47. The highest BCUT2D eigenvalue weighted by molar-refractivity contribution is 5.61. The number of hydrogen-bond acceptors (Lipinski definition) is 3. The summed E-state index contributed by atoms with van der Waals surface area (Å²) in [7, 11) is 0. The Kier molecular flexibility index (Phi) is 4.19. The summed E-state index contributed by atoms with van der Waals surface area (Å²) >= 11 is 0. The van der Waals surface area contributed by atoms with Crippen LogP contribution in [0.25, 0.3) is 0 Å². The number of rotatable bonds is 3. The fourth-order valence-electron chi connectivity index (χ4n) is 2.58. The number of likely N-dealkylation sites (N-methyl/N-ethyl adjacent to an activating group) is 1. The lowest BCUT2D eigenvalue weighted by Gasteiger charge is -2.30. The zero-order valence-corrected chi connectivity index (χ0v) is 11.2. The molecule has 3 nitrogen and oxygen atoms in total. The van der Waals surface area contributed by atoms with Gasteiger partial charge in [-0.1, -0.05) is 0 Å². The van der Waals surface area contributed by atoms with Crippen molar-refractivity contribution in [3.8, 4) is 6.07 Å². The lowest BCUT2D eigenvalue weighted by Crippen LogP contribution is -2.37. The molecule has 1 aromatic rings. The summed E-state index contributed by atoms with van der Waals surface area (Å²) in [4.78, 5) is 2.00. The average Bonchev–Trinajstić information content (AvgIpc) is 2.92. The van der Waals surface area contributed by atoms with Gasteiger partial charge in [0.15, 0.2) is 0 Å². The van der Waals surface area contributed by atoms with E-state index in [1.807, 2.05) is 17.9 Å². The van der Waals surface area contributed by atoms with Gasteiger partial charge >= 0.3 is 6.18 Å². The third kappa shape index (κ3) is 2.88. The number of alkyl halides is 3. The molecule has 0 spiro atoms. The number of hydrogen-bond donors (Lipinski definition) is 1. The molecule has 1 aliphatic heterocycles. The maximum Gasteiger partial charge on any atom is 0.416 e. The summed E-state index contributed by atoms with van der Waals surface area (Å²) in [5.74, 6) is 0. The van der Waals surface area contributed by atoms with Crippen molar-refractivity contribution in [3.63, 3.8) is 0 Å². The summed E-state index contributed by atoms with van der Waals surface area (Å²) in [6.45, 7) is 4.28. The number of nitrogens with zero attached hydrogens (tertiary/aromatic N) is 2. The Morgan fingerprint density at radius 1 is 1.45 bits per heavy atom. The Morgan fingerprint density at radius 3 is 2.70 bits per heavy atom. The summed E-state index contributed by atoms with van der Waals surface area (Å²) in [5, 5.41) is 12.4. The van der Waals surface area contributed by atoms with Crippen LogP contribution < -0.4 is 10.2 Å². The van der Waals surface area contributed by atoms with Crippen molar-refractivity contribution < 1.29 is 13.2 Å². The van der Waals surface area contributed by atoms with Crippen molar-refractivity contribution in [2.45, 2.75) is 25.6 Å². The third-order valence-electron chi connectivity index (χ3n) is 3.57. The molecular weight excluding hydrogens is 267 g/mol. The predicted octanol–water partition coefficient (Wildman–Crippen LogP) is 2.77. The van der Waals surface area contributed by atoms with Gasteiger partial charge in [-0.3, -0.25) is 0 Å². The first-order valence-electron chi connectivity index (χ1n) is 6.56. The molecule has 108 valence electrons. The van der Waals surface area contributed by atoms with E-state index in [4.69, 9.17) is 5.26 Å². The highest BCUT2D eigenvalue weighted by atomic mass is 19.4. The second kappa shape index (κ2) is 5.71. The van der Waals surface area contributed by atoms with E-state index < -0.39 is 11.7 Å². The van der Waals surface area contributed by atoms with Gasteiger partial charge in [-0.05, 0) is 38.1 Å². The van der Waals surface area contributed by atoms with Crippen LogP contribution in [0.3, 0.4) is 0 Å². The first kappa shape index (κ1) is 14.7. The van der Waals surface area contributed by atoms with E-state index >= 15 is 0 Å². The van der Waals surface area contributed by atoms with E-state index in [1.165, 1.54) is 6.07 Å². The molecule has 1 aliphatic rings. The first-order valence-corrected chi connectivity index (χ1v) is 6.56. The van der Waals surface area contributed by atoms with Gasteiger partial charge in [-0.2, -0.15) is 18.4 Å². The van der Waals surface area contributed by atoms with Gasteiger partial charge in [0.05, 0.1) is 16.8 Å². The van der Waals surface area contributed by atoms with Gasteiger partial charge in [0.25, 0.3) is 0 Å². The maximum absolute atomic E-state index is 12.7. The van der Waals surface area contributed by atoms with Crippen LogP contribution in [0.5, 0.6) is 0 Å². The lowest BCUT2D eigenvalue weighted by atomic mass is 10.1. The molecule has 0 aliphatic carbocycles. The molecule has 1 saturated heterocycles. The molecular formula is C14H16F3N3. The van der Waals surface area contributed by atoms with Crippen LogP contribution in [0, 0.1) is 11.3 Å². The van der Waals surface area contributed by atoms with Gasteiger partial charge in [0, 0.05) is 19.1 Å². The van der Waals surface area contributed by atoms with Gasteiger partial charge in [-0.15, -0.1) is 0 Å². The van der Waals surface area contributed by atoms with Crippen LogP contribution in [0.4, 0.5) is 18.9 Å². The molecule has 0 saturated carbocycles. The Labute approximate surface area is 116 Å². The molecule has 1 aromatic carbocycles. The molecule has 0 bridgehead atoms. The van der Waals surface area contributed by atoms with Gasteiger partial charge < -0.3 is 10.2 Å². The maximum atomic E-state index is 12.7. The molecule has 20 heavy (non-hydrogen) atoms. The van der Waals surface area contributed by atoms with Crippen molar-refractivity contribution in [2.75, 3.05) is 24.5 Å². The largest absolute Gasteiger partial charge is 0.416 e. The third-order valence-corrected chi connectivity index (χ3v) is 3.57. The van der Waals surface area contributed by atoms with E-state index in [0.717, 1.165) is 31.6 Å². The van der Waals surface area contributed by atoms with E-state index in [1.54, 1.807) is 0 Å². The minimum Gasteiger partial charge on any atom is -0.366 e.